The SMILES string of the molecule is CNCc1cc(S(=O)(=O)Nc2nncs2)ccc1OC. The Morgan fingerprint density at radius 3 is 2.80 bits per heavy atom. The van der Waals surface area contributed by atoms with Crippen LogP contribution >= 0.6 is 11.3 Å². The van der Waals surface area contributed by atoms with Gasteiger partial charge in [0.15, 0.2) is 0 Å². The molecular weight excluding hydrogens is 300 g/mol. The maximum Gasteiger partial charge on any atom is 0.263 e. The van der Waals surface area contributed by atoms with Gasteiger partial charge in [-0.2, -0.15) is 0 Å². The second-order valence-corrected chi connectivity index (χ2v) is 6.37. The van der Waals surface area contributed by atoms with E-state index in [0.717, 1.165) is 16.9 Å². The van der Waals surface area contributed by atoms with Gasteiger partial charge in [0.1, 0.15) is 11.3 Å². The van der Waals surface area contributed by atoms with E-state index >= 15 is 0 Å². The number of methoxy groups -OCH3 is 1. The second kappa shape index (κ2) is 6.16. The van der Waals surface area contributed by atoms with Crippen LogP contribution in [0.25, 0.3) is 0 Å². The van der Waals surface area contributed by atoms with Crippen LogP contribution in [0.15, 0.2) is 28.6 Å². The predicted octanol–water partition coefficient (Wildman–Crippen LogP) is 1.07. The number of benzene rings is 1. The van der Waals surface area contributed by atoms with Gasteiger partial charge in [-0.1, -0.05) is 11.3 Å². The second-order valence-electron chi connectivity index (χ2n) is 3.85. The number of nitrogens with one attached hydrogen (secondary N) is 2. The van der Waals surface area contributed by atoms with E-state index in [9.17, 15) is 8.42 Å². The minimum absolute atomic E-state index is 0.152. The van der Waals surface area contributed by atoms with E-state index in [4.69, 9.17) is 4.74 Å². The van der Waals surface area contributed by atoms with Crippen molar-refractivity contribution in [2.45, 2.75) is 11.4 Å². The van der Waals surface area contributed by atoms with Crippen LogP contribution in [0.3, 0.4) is 0 Å². The summed E-state index contributed by atoms with van der Waals surface area (Å²) in [6.45, 7) is 0.505. The molecule has 0 fully saturated rings. The summed E-state index contributed by atoms with van der Waals surface area (Å²) in [6, 6.07) is 4.68. The first-order chi connectivity index (χ1) is 9.56. The van der Waals surface area contributed by atoms with Crippen molar-refractivity contribution in [3.63, 3.8) is 0 Å². The zero-order chi connectivity index (χ0) is 14.6. The molecule has 2 rings (SSSR count). The molecule has 1 heterocycles. The third-order valence-corrected chi connectivity index (χ3v) is 4.58. The van der Waals surface area contributed by atoms with Crippen LogP contribution in [0.5, 0.6) is 5.75 Å². The van der Waals surface area contributed by atoms with Gasteiger partial charge in [0.25, 0.3) is 10.0 Å². The molecule has 2 N–H and O–H groups in total. The first kappa shape index (κ1) is 14.7. The van der Waals surface area contributed by atoms with Gasteiger partial charge in [0.2, 0.25) is 5.13 Å². The molecule has 1 aromatic carbocycles. The monoisotopic (exact) mass is 314 g/mol. The molecule has 0 saturated heterocycles. The molecule has 0 atom stereocenters. The normalized spacial score (nSPS) is 11.3. The molecule has 1 aromatic heterocycles. The Morgan fingerprint density at radius 2 is 2.20 bits per heavy atom. The first-order valence-electron chi connectivity index (χ1n) is 5.67. The van der Waals surface area contributed by atoms with Crippen molar-refractivity contribution in [1.29, 1.82) is 0 Å². The summed E-state index contributed by atoms with van der Waals surface area (Å²) in [7, 11) is -0.353. The molecular formula is C11H14N4O3S2. The van der Waals surface area contributed by atoms with Crippen molar-refractivity contribution in [3.8, 4) is 5.75 Å². The van der Waals surface area contributed by atoms with Crippen molar-refractivity contribution in [2.24, 2.45) is 0 Å². The minimum atomic E-state index is -3.67. The molecule has 0 aliphatic rings. The summed E-state index contributed by atoms with van der Waals surface area (Å²) in [5, 5.41) is 10.4. The third-order valence-electron chi connectivity index (χ3n) is 2.51. The largest absolute Gasteiger partial charge is 0.496 e. The van der Waals surface area contributed by atoms with Gasteiger partial charge in [-0.15, -0.1) is 10.2 Å². The van der Waals surface area contributed by atoms with Crippen LogP contribution in [0.2, 0.25) is 0 Å². The van der Waals surface area contributed by atoms with Gasteiger partial charge in [0, 0.05) is 12.1 Å². The van der Waals surface area contributed by atoms with Crippen molar-refractivity contribution in [2.75, 3.05) is 18.9 Å². The highest BCUT2D eigenvalue weighted by Gasteiger charge is 2.17. The Balaban J connectivity index is 2.34. The van der Waals surface area contributed by atoms with E-state index in [1.54, 1.807) is 26.3 Å². The Kier molecular flexibility index (Phi) is 4.53. The molecule has 9 heteroatoms. The van der Waals surface area contributed by atoms with Gasteiger partial charge < -0.3 is 10.1 Å². The van der Waals surface area contributed by atoms with Crippen LogP contribution in [0.4, 0.5) is 5.13 Å². The molecule has 2 aromatic rings. The summed E-state index contributed by atoms with van der Waals surface area (Å²) in [6.07, 6.45) is 0. The summed E-state index contributed by atoms with van der Waals surface area (Å²) >= 11 is 1.12. The van der Waals surface area contributed by atoms with Gasteiger partial charge in [-0.3, -0.25) is 4.72 Å². The fourth-order valence-corrected chi connectivity index (χ4v) is 3.39. The van der Waals surface area contributed by atoms with E-state index in [-0.39, 0.29) is 10.0 Å². The van der Waals surface area contributed by atoms with Crippen LogP contribution in [-0.2, 0) is 16.6 Å². The molecule has 0 amide bonds. The van der Waals surface area contributed by atoms with E-state index in [2.05, 4.69) is 20.2 Å². The highest BCUT2D eigenvalue weighted by atomic mass is 32.2. The summed E-state index contributed by atoms with van der Waals surface area (Å²) in [4.78, 5) is 0.152. The van der Waals surface area contributed by atoms with Gasteiger partial charge in [-0.25, -0.2) is 8.42 Å². The van der Waals surface area contributed by atoms with Crippen molar-refractivity contribution < 1.29 is 13.2 Å². The summed E-state index contributed by atoms with van der Waals surface area (Å²) in [5.41, 5.74) is 2.22. The third kappa shape index (κ3) is 3.24. The average Bonchev–Trinajstić information content (AvgIpc) is 2.91. The molecule has 0 unspecified atom stereocenters. The average molecular weight is 314 g/mol. The first-order valence-corrected chi connectivity index (χ1v) is 8.03. The van der Waals surface area contributed by atoms with E-state index in [0.29, 0.717) is 12.3 Å². The Labute approximate surface area is 121 Å². The lowest BCUT2D eigenvalue weighted by atomic mass is 10.2. The summed E-state index contributed by atoms with van der Waals surface area (Å²) < 4.78 is 32.0. The molecule has 20 heavy (non-hydrogen) atoms. The molecule has 0 saturated carbocycles. The van der Waals surface area contributed by atoms with E-state index in [1.807, 2.05) is 0 Å². The zero-order valence-corrected chi connectivity index (χ0v) is 12.6. The van der Waals surface area contributed by atoms with Gasteiger partial charge in [0.05, 0.1) is 12.0 Å². The molecule has 0 bridgehead atoms. The lowest BCUT2D eigenvalue weighted by Crippen LogP contribution is -2.14. The molecule has 0 spiro atoms. The fourth-order valence-electron chi connectivity index (χ4n) is 1.64. The number of anilines is 1. The summed E-state index contributed by atoms with van der Waals surface area (Å²) in [5.74, 6) is 0.634. The van der Waals surface area contributed by atoms with Crippen molar-refractivity contribution >= 4 is 26.5 Å². The number of rotatable bonds is 6. The van der Waals surface area contributed by atoms with E-state index < -0.39 is 10.0 Å². The van der Waals surface area contributed by atoms with Crippen LogP contribution in [-0.4, -0.2) is 32.8 Å². The number of hydrogen-bond acceptors (Lipinski definition) is 7. The number of aromatic nitrogens is 2. The van der Waals surface area contributed by atoms with Crippen LogP contribution < -0.4 is 14.8 Å². The molecule has 7 nitrogen and oxygen atoms in total. The van der Waals surface area contributed by atoms with E-state index in [1.165, 1.54) is 11.6 Å². The van der Waals surface area contributed by atoms with Crippen LogP contribution in [0.1, 0.15) is 5.56 Å². The topological polar surface area (TPSA) is 93.2 Å². The number of hydrogen-bond donors (Lipinski definition) is 2. The smallest absolute Gasteiger partial charge is 0.263 e. The van der Waals surface area contributed by atoms with Crippen LogP contribution in [0, 0.1) is 0 Å². The molecule has 108 valence electrons. The Bertz CT molecular complexity index is 671. The standard InChI is InChI=1S/C11H14N4O3S2/c1-12-6-8-5-9(3-4-10(8)18-2)20(16,17)15-11-14-13-7-19-11/h3-5,7,12H,6H2,1-2H3,(H,14,15). The maximum absolute atomic E-state index is 12.2. The van der Waals surface area contributed by atoms with Gasteiger partial charge in [-0.05, 0) is 25.2 Å². The molecule has 0 aliphatic carbocycles. The Hall–Kier alpha value is -1.71. The maximum atomic E-state index is 12.2. The quantitative estimate of drug-likeness (QED) is 0.828. The molecule has 0 radical (unpaired) electrons. The predicted molar refractivity (Wildman–Crippen MR) is 76.5 cm³/mol. The number of ether oxygens (including phenoxy) is 1. The lowest BCUT2D eigenvalue weighted by Gasteiger charge is -2.11. The highest BCUT2D eigenvalue weighted by molar-refractivity contribution is 7.93. The lowest BCUT2D eigenvalue weighted by molar-refractivity contribution is 0.408. The zero-order valence-electron chi connectivity index (χ0n) is 11.0. The minimum Gasteiger partial charge on any atom is -0.496 e. The van der Waals surface area contributed by atoms with Crippen molar-refractivity contribution in [1.82, 2.24) is 15.5 Å². The van der Waals surface area contributed by atoms with Gasteiger partial charge >= 0.3 is 0 Å². The number of sulfonamides is 1. The number of nitrogens with zero attached hydrogens (tertiary/aromatic N) is 2. The molecule has 0 aliphatic heterocycles. The Morgan fingerprint density at radius 1 is 1.40 bits per heavy atom. The fraction of sp³-hybridized carbons (Fsp3) is 0.273. The van der Waals surface area contributed by atoms with Crippen molar-refractivity contribution in [3.05, 3.63) is 29.3 Å². The highest BCUT2D eigenvalue weighted by Crippen LogP contribution is 2.24.